The van der Waals surface area contributed by atoms with Crippen molar-refractivity contribution in [2.24, 2.45) is 0 Å². The van der Waals surface area contributed by atoms with Crippen molar-refractivity contribution in [1.29, 1.82) is 5.26 Å². The van der Waals surface area contributed by atoms with Crippen LogP contribution in [-0.2, 0) is 0 Å². The zero-order chi connectivity index (χ0) is 14.8. The van der Waals surface area contributed by atoms with Gasteiger partial charge < -0.3 is 5.73 Å². The van der Waals surface area contributed by atoms with E-state index in [1.54, 1.807) is 17.1 Å². The molecule has 3 aromatic rings. The van der Waals surface area contributed by atoms with Gasteiger partial charge in [0.2, 0.25) is 0 Å². The fourth-order valence-electron chi connectivity index (χ4n) is 2.19. The number of para-hydroxylation sites is 1. The van der Waals surface area contributed by atoms with Crippen molar-refractivity contribution in [2.75, 3.05) is 5.73 Å². The van der Waals surface area contributed by atoms with Gasteiger partial charge >= 0.3 is 0 Å². The number of pyridine rings is 1. The Morgan fingerprint density at radius 2 is 2.05 bits per heavy atom. The third-order valence-electron chi connectivity index (χ3n) is 3.32. The van der Waals surface area contributed by atoms with E-state index in [1.165, 1.54) is 0 Å². The van der Waals surface area contributed by atoms with E-state index in [2.05, 4.69) is 16.2 Å². The fourth-order valence-corrected chi connectivity index (χ4v) is 2.19. The Morgan fingerprint density at radius 3 is 2.81 bits per heavy atom. The smallest absolute Gasteiger partial charge is 0.171 e. The summed E-state index contributed by atoms with van der Waals surface area (Å²) >= 11 is 0. The van der Waals surface area contributed by atoms with Gasteiger partial charge in [-0.25, -0.2) is 9.67 Å². The molecule has 2 aromatic heterocycles. The highest BCUT2D eigenvalue weighted by atomic mass is 15.3. The number of nitrogens with zero attached hydrogens (tertiary/aromatic N) is 4. The molecule has 2 heterocycles. The van der Waals surface area contributed by atoms with E-state index in [4.69, 9.17) is 5.73 Å². The first kappa shape index (κ1) is 12.9. The predicted molar refractivity (Wildman–Crippen MR) is 80.7 cm³/mol. The van der Waals surface area contributed by atoms with Crippen LogP contribution in [-0.4, -0.2) is 14.8 Å². The molecule has 0 unspecified atom stereocenters. The first-order valence-electron chi connectivity index (χ1n) is 6.46. The van der Waals surface area contributed by atoms with Crippen LogP contribution in [0.25, 0.3) is 16.9 Å². The lowest BCUT2D eigenvalue weighted by molar-refractivity contribution is 0.841. The summed E-state index contributed by atoms with van der Waals surface area (Å²) in [7, 11) is 0. The number of nitrogens with two attached hydrogens (primary N) is 1. The second-order valence-electron chi connectivity index (χ2n) is 4.70. The zero-order valence-electron chi connectivity index (χ0n) is 11.5. The number of hydrogen-bond acceptors (Lipinski definition) is 4. The van der Waals surface area contributed by atoms with Crippen LogP contribution < -0.4 is 5.73 Å². The summed E-state index contributed by atoms with van der Waals surface area (Å²) < 4.78 is 1.60. The number of hydrogen-bond donors (Lipinski definition) is 1. The summed E-state index contributed by atoms with van der Waals surface area (Å²) in [5.74, 6) is 0.526. The van der Waals surface area contributed by atoms with Crippen molar-refractivity contribution in [3.63, 3.8) is 0 Å². The summed E-state index contributed by atoms with van der Waals surface area (Å²) in [5, 5.41) is 13.6. The van der Waals surface area contributed by atoms with Crippen LogP contribution in [0.15, 0.2) is 48.9 Å². The van der Waals surface area contributed by atoms with E-state index in [9.17, 15) is 5.26 Å². The van der Waals surface area contributed by atoms with Gasteiger partial charge in [0.05, 0.1) is 11.8 Å². The Hall–Kier alpha value is -3.13. The molecule has 0 saturated carbocycles. The highest BCUT2D eigenvalue weighted by Gasteiger charge is 2.11. The Morgan fingerprint density at radius 1 is 1.24 bits per heavy atom. The molecule has 0 bridgehead atoms. The SMILES string of the molecule is Cc1ccnc(-n2cc(-c3ccccc3N)cn2)c1C#N. The summed E-state index contributed by atoms with van der Waals surface area (Å²) in [4.78, 5) is 4.26. The lowest BCUT2D eigenvalue weighted by Gasteiger charge is -2.05. The van der Waals surface area contributed by atoms with Crippen molar-refractivity contribution in [3.05, 3.63) is 60.0 Å². The normalized spacial score (nSPS) is 10.3. The lowest BCUT2D eigenvalue weighted by Crippen LogP contribution is -2.02. The Kier molecular flexibility index (Phi) is 3.13. The number of rotatable bonds is 2. The lowest BCUT2D eigenvalue weighted by atomic mass is 10.1. The molecule has 0 amide bonds. The Bertz CT molecular complexity index is 842. The minimum atomic E-state index is 0.521. The topological polar surface area (TPSA) is 80.5 Å². The molecule has 1 aromatic carbocycles. The van der Waals surface area contributed by atoms with E-state index in [0.717, 1.165) is 16.7 Å². The Balaban J connectivity index is 2.10. The van der Waals surface area contributed by atoms with Crippen LogP contribution in [0.2, 0.25) is 0 Å². The maximum atomic E-state index is 9.28. The molecule has 0 radical (unpaired) electrons. The highest BCUT2D eigenvalue weighted by molar-refractivity contribution is 5.75. The molecule has 5 nitrogen and oxygen atoms in total. The highest BCUT2D eigenvalue weighted by Crippen LogP contribution is 2.26. The van der Waals surface area contributed by atoms with Gasteiger partial charge in [0.1, 0.15) is 6.07 Å². The number of aromatic nitrogens is 3. The van der Waals surface area contributed by atoms with Crippen LogP contribution in [0.4, 0.5) is 5.69 Å². The van der Waals surface area contributed by atoms with Crippen molar-refractivity contribution < 1.29 is 0 Å². The Labute approximate surface area is 122 Å². The van der Waals surface area contributed by atoms with Crippen molar-refractivity contribution in [1.82, 2.24) is 14.8 Å². The molecule has 0 fully saturated rings. The fraction of sp³-hybridized carbons (Fsp3) is 0.0625. The zero-order valence-corrected chi connectivity index (χ0v) is 11.5. The minimum Gasteiger partial charge on any atom is -0.398 e. The third-order valence-corrected chi connectivity index (χ3v) is 3.32. The maximum absolute atomic E-state index is 9.28. The second kappa shape index (κ2) is 5.10. The van der Waals surface area contributed by atoms with Gasteiger partial charge in [-0.2, -0.15) is 10.4 Å². The summed E-state index contributed by atoms with van der Waals surface area (Å²) in [6.07, 6.45) is 5.22. The van der Waals surface area contributed by atoms with Crippen molar-refractivity contribution in [2.45, 2.75) is 6.92 Å². The van der Waals surface area contributed by atoms with E-state index in [-0.39, 0.29) is 0 Å². The first-order valence-corrected chi connectivity index (χ1v) is 6.46. The van der Waals surface area contributed by atoms with Gasteiger partial charge in [0.15, 0.2) is 5.82 Å². The number of anilines is 1. The van der Waals surface area contributed by atoms with Crippen LogP contribution in [0.1, 0.15) is 11.1 Å². The summed E-state index contributed by atoms with van der Waals surface area (Å²) in [6, 6.07) is 11.6. The largest absolute Gasteiger partial charge is 0.398 e. The van der Waals surface area contributed by atoms with E-state index < -0.39 is 0 Å². The molecule has 21 heavy (non-hydrogen) atoms. The molecule has 0 aliphatic heterocycles. The summed E-state index contributed by atoms with van der Waals surface area (Å²) in [5.41, 5.74) is 9.86. The first-order chi connectivity index (χ1) is 10.2. The van der Waals surface area contributed by atoms with Gasteiger partial charge in [-0.1, -0.05) is 18.2 Å². The maximum Gasteiger partial charge on any atom is 0.171 e. The van der Waals surface area contributed by atoms with Gasteiger partial charge in [0.25, 0.3) is 0 Å². The van der Waals surface area contributed by atoms with Crippen LogP contribution in [0.3, 0.4) is 0 Å². The second-order valence-corrected chi connectivity index (χ2v) is 4.70. The number of nitrogen functional groups attached to an aromatic ring is 1. The molecular weight excluding hydrogens is 262 g/mol. The molecule has 0 aliphatic carbocycles. The predicted octanol–water partition coefficient (Wildman–Crippen LogP) is 2.70. The molecular formula is C16H13N5. The van der Waals surface area contributed by atoms with Gasteiger partial charge in [-0.15, -0.1) is 0 Å². The molecule has 0 saturated heterocycles. The van der Waals surface area contributed by atoms with Gasteiger partial charge in [0, 0.05) is 29.2 Å². The van der Waals surface area contributed by atoms with Crippen LogP contribution in [0, 0.1) is 18.3 Å². The molecule has 102 valence electrons. The molecule has 5 heteroatoms. The van der Waals surface area contributed by atoms with E-state index >= 15 is 0 Å². The number of aryl methyl sites for hydroxylation is 1. The molecule has 0 aliphatic rings. The molecule has 0 atom stereocenters. The van der Waals surface area contributed by atoms with E-state index in [1.807, 2.05) is 43.5 Å². The third kappa shape index (κ3) is 2.23. The monoisotopic (exact) mass is 275 g/mol. The molecule has 2 N–H and O–H groups in total. The number of benzene rings is 1. The standard InChI is InChI=1S/C16H13N5/c1-11-6-7-19-16(14(11)8-17)21-10-12(9-20-21)13-4-2-3-5-15(13)18/h2-7,9-10H,18H2,1H3. The summed E-state index contributed by atoms with van der Waals surface area (Å²) in [6.45, 7) is 1.88. The van der Waals surface area contributed by atoms with Gasteiger partial charge in [-0.3, -0.25) is 0 Å². The van der Waals surface area contributed by atoms with Crippen molar-refractivity contribution >= 4 is 5.69 Å². The van der Waals surface area contributed by atoms with Crippen LogP contribution in [0.5, 0.6) is 0 Å². The average Bonchev–Trinajstić information content (AvgIpc) is 2.97. The molecule has 0 spiro atoms. The van der Waals surface area contributed by atoms with Crippen LogP contribution >= 0.6 is 0 Å². The molecule has 3 rings (SSSR count). The quantitative estimate of drug-likeness (QED) is 0.729. The van der Waals surface area contributed by atoms with Gasteiger partial charge in [-0.05, 0) is 24.6 Å². The number of nitriles is 1. The van der Waals surface area contributed by atoms with E-state index in [0.29, 0.717) is 17.1 Å². The average molecular weight is 275 g/mol. The van der Waals surface area contributed by atoms with Crippen molar-refractivity contribution in [3.8, 4) is 23.0 Å². The minimum absolute atomic E-state index is 0.521.